The Kier molecular flexibility index (Phi) is 3.45. The van der Waals surface area contributed by atoms with Crippen molar-refractivity contribution in [2.75, 3.05) is 18.8 Å². The maximum Gasteiger partial charge on any atom is 0.406 e. The molecule has 1 rings (SSSR count). The molecule has 0 amide bonds. The van der Waals surface area contributed by atoms with E-state index in [4.69, 9.17) is 5.11 Å². The zero-order valence-electron chi connectivity index (χ0n) is 8.99. The number of aliphatic carboxylic acids is 1. The molecule has 1 aliphatic heterocycles. The Morgan fingerprint density at radius 2 is 2.00 bits per heavy atom. The van der Waals surface area contributed by atoms with E-state index in [2.05, 4.69) is 0 Å². The number of carboxylic acids is 1. The van der Waals surface area contributed by atoms with E-state index in [-0.39, 0.29) is 5.75 Å². The molecule has 0 aromatic rings. The van der Waals surface area contributed by atoms with Gasteiger partial charge in [0.25, 0.3) is 0 Å². The fourth-order valence-electron chi connectivity index (χ4n) is 1.72. The molecule has 0 spiro atoms. The van der Waals surface area contributed by atoms with Crippen molar-refractivity contribution in [1.82, 2.24) is 4.31 Å². The van der Waals surface area contributed by atoms with E-state index in [9.17, 15) is 26.4 Å². The third kappa shape index (κ3) is 2.25. The quantitative estimate of drug-likeness (QED) is 0.821. The molecule has 0 aliphatic carbocycles. The van der Waals surface area contributed by atoms with Gasteiger partial charge in [0.05, 0.1) is 5.75 Å². The lowest BCUT2D eigenvalue weighted by atomic mass is 9.86. The molecule has 0 aromatic heterocycles. The summed E-state index contributed by atoms with van der Waals surface area (Å²) in [6.07, 6.45) is -5.71. The fraction of sp³-hybridized carbons (Fsp3) is 0.875. The van der Waals surface area contributed by atoms with E-state index in [0.29, 0.717) is 4.31 Å². The summed E-state index contributed by atoms with van der Waals surface area (Å²) in [4.78, 5) is 10.8. The van der Waals surface area contributed by atoms with Crippen LogP contribution in [0.4, 0.5) is 13.2 Å². The number of alkyl halides is 3. The van der Waals surface area contributed by atoms with Gasteiger partial charge in [0.15, 0.2) is 5.41 Å². The topological polar surface area (TPSA) is 74.7 Å². The van der Waals surface area contributed by atoms with E-state index in [1.807, 2.05) is 0 Å². The normalized spacial score (nSPS) is 27.3. The predicted octanol–water partition coefficient (Wildman–Crippen LogP) is 0.675. The van der Waals surface area contributed by atoms with Crippen molar-refractivity contribution >= 4 is 16.0 Å². The van der Waals surface area contributed by atoms with Crippen LogP contribution in [0.5, 0.6) is 0 Å². The maximum atomic E-state index is 12.7. The van der Waals surface area contributed by atoms with Gasteiger partial charge in [0.1, 0.15) is 0 Å². The average Bonchev–Trinajstić information content (AvgIpc) is 2.62. The Hall–Kier alpha value is -0.830. The third-order valence-corrected chi connectivity index (χ3v) is 4.77. The first-order valence-electron chi connectivity index (χ1n) is 4.85. The van der Waals surface area contributed by atoms with Crippen LogP contribution in [-0.2, 0) is 14.8 Å². The standard InChI is InChI=1S/C8H12F3NO4S/c1-2-17(15,16)12-4-3-7(5-12,6(13)14)8(9,10)11/h2-5H2,1H3,(H,13,14). The van der Waals surface area contributed by atoms with Crippen molar-refractivity contribution in [2.45, 2.75) is 19.5 Å². The van der Waals surface area contributed by atoms with E-state index >= 15 is 0 Å². The van der Waals surface area contributed by atoms with Gasteiger partial charge in [0, 0.05) is 13.1 Å². The first-order valence-corrected chi connectivity index (χ1v) is 6.46. The van der Waals surface area contributed by atoms with Gasteiger partial charge in [-0.1, -0.05) is 0 Å². The average molecular weight is 275 g/mol. The fourth-order valence-corrected chi connectivity index (χ4v) is 2.87. The maximum absolute atomic E-state index is 12.7. The summed E-state index contributed by atoms with van der Waals surface area (Å²) in [5.74, 6) is -2.38. The first-order chi connectivity index (χ1) is 7.57. The van der Waals surface area contributed by atoms with Crippen LogP contribution in [0.3, 0.4) is 0 Å². The molecular weight excluding hydrogens is 263 g/mol. The lowest BCUT2D eigenvalue weighted by Crippen LogP contribution is -2.47. The van der Waals surface area contributed by atoms with Gasteiger partial charge in [-0.25, -0.2) is 12.7 Å². The van der Waals surface area contributed by atoms with Crippen molar-refractivity contribution in [3.8, 4) is 0 Å². The summed E-state index contributed by atoms with van der Waals surface area (Å²) in [6, 6.07) is 0. The lowest BCUT2D eigenvalue weighted by Gasteiger charge is -2.27. The highest BCUT2D eigenvalue weighted by atomic mass is 32.2. The predicted molar refractivity (Wildman–Crippen MR) is 51.8 cm³/mol. The van der Waals surface area contributed by atoms with Gasteiger partial charge in [-0.2, -0.15) is 13.2 Å². The first kappa shape index (κ1) is 14.2. The number of hydrogen-bond acceptors (Lipinski definition) is 3. The van der Waals surface area contributed by atoms with Crippen LogP contribution >= 0.6 is 0 Å². The zero-order chi connectivity index (χ0) is 13.5. The summed E-state index contributed by atoms with van der Waals surface area (Å²) >= 11 is 0. The van der Waals surface area contributed by atoms with E-state index in [1.54, 1.807) is 0 Å². The minimum absolute atomic E-state index is 0.347. The summed E-state index contributed by atoms with van der Waals surface area (Å²) in [7, 11) is -3.79. The highest BCUT2D eigenvalue weighted by Gasteiger charge is 2.64. The molecule has 9 heteroatoms. The molecule has 100 valence electrons. The number of halogens is 3. The summed E-state index contributed by atoms with van der Waals surface area (Å²) in [6.45, 7) is -0.159. The van der Waals surface area contributed by atoms with Crippen LogP contribution in [-0.4, -0.2) is 48.8 Å². The zero-order valence-corrected chi connectivity index (χ0v) is 9.81. The Labute approximate surface area is 96.3 Å². The summed E-state index contributed by atoms with van der Waals surface area (Å²) in [5.41, 5.74) is -2.98. The molecule has 1 fully saturated rings. The SMILES string of the molecule is CCS(=O)(=O)N1CCC(C(=O)O)(C(F)(F)F)C1. The smallest absolute Gasteiger partial charge is 0.406 e. The molecule has 1 aliphatic rings. The van der Waals surface area contributed by atoms with E-state index in [0.717, 1.165) is 0 Å². The third-order valence-electron chi connectivity index (χ3n) is 2.94. The minimum Gasteiger partial charge on any atom is -0.481 e. The van der Waals surface area contributed by atoms with Gasteiger partial charge >= 0.3 is 12.1 Å². The van der Waals surface area contributed by atoms with Crippen LogP contribution < -0.4 is 0 Å². The van der Waals surface area contributed by atoms with Crippen molar-refractivity contribution in [3.63, 3.8) is 0 Å². The van der Waals surface area contributed by atoms with Crippen molar-refractivity contribution in [3.05, 3.63) is 0 Å². The molecule has 1 unspecified atom stereocenters. The van der Waals surface area contributed by atoms with Crippen LogP contribution in [0.1, 0.15) is 13.3 Å². The number of nitrogens with zero attached hydrogens (tertiary/aromatic N) is 1. The minimum atomic E-state index is -4.96. The number of sulfonamides is 1. The lowest BCUT2D eigenvalue weighted by molar-refractivity contribution is -0.226. The molecule has 17 heavy (non-hydrogen) atoms. The molecule has 0 radical (unpaired) electrons. The van der Waals surface area contributed by atoms with Gasteiger partial charge in [-0.3, -0.25) is 4.79 Å². The van der Waals surface area contributed by atoms with Crippen LogP contribution in [0, 0.1) is 5.41 Å². The molecule has 5 nitrogen and oxygen atoms in total. The number of carbonyl (C=O) groups is 1. The number of hydrogen-bond donors (Lipinski definition) is 1. The molecule has 1 saturated heterocycles. The molecule has 1 N–H and O–H groups in total. The van der Waals surface area contributed by atoms with Crippen molar-refractivity contribution < 1.29 is 31.5 Å². The van der Waals surface area contributed by atoms with Gasteiger partial charge < -0.3 is 5.11 Å². The molecule has 1 atom stereocenters. The highest BCUT2D eigenvalue weighted by Crippen LogP contribution is 2.46. The Morgan fingerprint density at radius 3 is 2.29 bits per heavy atom. The second-order valence-corrected chi connectivity index (χ2v) is 6.13. The summed E-state index contributed by atoms with van der Waals surface area (Å²) < 4.78 is 61.6. The van der Waals surface area contributed by atoms with Crippen molar-refractivity contribution in [2.24, 2.45) is 5.41 Å². The molecule has 0 aromatic carbocycles. The second kappa shape index (κ2) is 4.13. The Balaban J connectivity index is 3.08. The van der Waals surface area contributed by atoms with Crippen LogP contribution in [0.25, 0.3) is 0 Å². The van der Waals surface area contributed by atoms with E-state index in [1.165, 1.54) is 6.92 Å². The molecular formula is C8H12F3NO4S. The van der Waals surface area contributed by atoms with Gasteiger partial charge in [-0.15, -0.1) is 0 Å². The number of carboxylic acid groups (broad SMARTS) is 1. The monoisotopic (exact) mass is 275 g/mol. The van der Waals surface area contributed by atoms with E-state index < -0.39 is 47.1 Å². The molecule has 0 bridgehead atoms. The van der Waals surface area contributed by atoms with Crippen LogP contribution in [0.15, 0.2) is 0 Å². The van der Waals surface area contributed by atoms with Gasteiger partial charge in [0.2, 0.25) is 10.0 Å². The number of rotatable bonds is 3. The Morgan fingerprint density at radius 1 is 1.47 bits per heavy atom. The second-order valence-electron chi connectivity index (χ2n) is 3.87. The Bertz CT molecular complexity index is 419. The molecule has 0 saturated carbocycles. The molecule has 1 heterocycles. The van der Waals surface area contributed by atoms with Gasteiger partial charge in [-0.05, 0) is 13.3 Å². The van der Waals surface area contributed by atoms with Crippen LogP contribution in [0.2, 0.25) is 0 Å². The largest absolute Gasteiger partial charge is 0.481 e. The highest BCUT2D eigenvalue weighted by molar-refractivity contribution is 7.89. The van der Waals surface area contributed by atoms with Crippen molar-refractivity contribution in [1.29, 1.82) is 0 Å². The summed E-state index contributed by atoms with van der Waals surface area (Å²) in [5, 5.41) is 8.71.